The summed E-state index contributed by atoms with van der Waals surface area (Å²) in [5, 5.41) is 0. The van der Waals surface area contributed by atoms with Gasteiger partial charge in [-0.3, -0.25) is 9.35 Å². The minimum Gasteiger partial charge on any atom is -0.299 e. The molecule has 2 bridgehead atoms. The van der Waals surface area contributed by atoms with E-state index in [0.29, 0.717) is 11.7 Å². The first-order valence-corrected chi connectivity index (χ1v) is 7.61. The van der Waals surface area contributed by atoms with E-state index in [9.17, 15) is 18.0 Å². The second-order valence-corrected chi connectivity index (χ2v) is 6.87. The van der Waals surface area contributed by atoms with E-state index in [2.05, 4.69) is 0 Å². The second kappa shape index (κ2) is 4.73. The van der Waals surface area contributed by atoms with Crippen molar-refractivity contribution in [3.63, 3.8) is 0 Å². The lowest BCUT2D eigenvalue weighted by Crippen LogP contribution is -2.23. The molecule has 0 aromatic heterocycles. The lowest BCUT2D eigenvalue weighted by atomic mass is 9.81. The van der Waals surface area contributed by atoms with Crippen LogP contribution < -0.4 is 0 Å². The first-order chi connectivity index (χ1) is 8.61. The quantitative estimate of drug-likeness (QED) is 0.551. The van der Waals surface area contributed by atoms with Gasteiger partial charge in [0.15, 0.2) is 0 Å². The Kier molecular flexibility index (Phi) is 3.68. The van der Waals surface area contributed by atoms with Crippen molar-refractivity contribution < 1.29 is 30.9 Å². The Bertz CT molecular complexity index is 471. The number of fused-ring (bicyclic) bond motifs is 5. The Hall–Kier alpha value is -0.630. The van der Waals surface area contributed by atoms with Gasteiger partial charge in [-0.25, -0.2) is 0 Å². The maximum absolute atomic E-state index is 11.4. The average Bonchev–Trinajstić information content (AvgIpc) is 2.84. The van der Waals surface area contributed by atoms with Gasteiger partial charge in [-0.2, -0.15) is 21.6 Å². The van der Waals surface area contributed by atoms with Crippen molar-refractivity contribution in [3.8, 4) is 0 Å². The maximum Gasteiger partial charge on any atom is 0.522 e. The molecule has 1 N–H and O–H groups in total. The zero-order chi connectivity index (χ0) is 14.4. The van der Waals surface area contributed by atoms with Crippen molar-refractivity contribution in [2.24, 2.45) is 23.7 Å². The zero-order valence-corrected chi connectivity index (χ0v) is 10.9. The van der Waals surface area contributed by atoms with Crippen molar-refractivity contribution in [3.05, 3.63) is 0 Å². The molecule has 19 heavy (non-hydrogen) atoms. The predicted octanol–water partition coefficient (Wildman–Crippen LogP) is 2.41. The maximum atomic E-state index is 11.4. The van der Waals surface area contributed by atoms with Gasteiger partial charge in [0.2, 0.25) is 0 Å². The summed E-state index contributed by atoms with van der Waals surface area (Å²) in [4.78, 5) is 11.4. The van der Waals surface area contributed by atoms with Gasteiger partial charge < -0.3 is 0 Å². The van der Waals surface area contributed by atoms with Gasteiger partial charge in [0, 0.05) is 12.3 Å². The molecular formula is C11H15F3O4S. The van der Waals surface area contributed by atoms with E-state index >= 15 is 0 Å². The summed E-state index contributed by atoms with van der Waals surface area (Å²) in [6, 6.07) is 0. The van der Waals surface area contributed by atoms with Crippen molar-refractivity contribution in [2.45, 2.75) is 37.6 Å². The summed E-state index contributed by atoms with van der Waals surface area (Å²) in [5.41, 5.74) is -5.53. The van der Waals surface area contributed by atoms with Gasteiger partial charge in [-0.05, 0) is 37.0 Å². The van der Waals surface area contributed by atoms with Crippen LogP contribution in [0.15, 0.2) is 0 Å². The molecule has 0 radical (unpaired) electrons. The Morgan fingerprint density at radius 1 is 1.16 bits per heavy atom. The average molecular weight is 300 g/mol. The van der Waals surface area contributed by atoms with Crippen LogP contribution in [0.25, 0.3) is 0 Å². The molecule has 3 fully saturated rings. The van der Waals surface area contributed by atoms with Gasteiger partial charge in [0.1, 0.15) is 5.78 Å². The summed E-state index contributed by atoms with van der Waals surface area (Å²) < 4.78 is 57.5. The van der Waals surface area contributed by atoms with E-state index < -0.39 is 15.6 Å². The Morgan fingerprint density at radius 3 is 2.21 bits per heavy atom. The van der Waals surface area contributed by atoms with Crippen LogP contribution in [-0.2, 0) is 14.9 Å². The van der Waals surface area contributed by atoms with E-state index in [1.165, 1.54) is 25.7 Å². The van der Waals surface area contributed by atoms with Crippen LogP contribution in [0.1, 0.15) is 32.1 Å². The van der Waals surface area contributed by atoms with Crippen molar-refractivity contribution in [1.82, 2.24) is 0 Å². The molecule has 3 aliphatic rings. The minimum absolute atomic E-state index is 0.521. The number of carbonyl (C=O) groups is 1. The molecule has 0 amide bonds. The third kappa shape index (κ3) is 2.79. The van der Waals surface area contributed by atoms with Crippen LogP contribution in [-0.4, -0.2) is 24.3 Å². The fourth-order valence-corrected chi connectivity index (χ4v) is 3.79. The third-order valence-corrected chi connectivity index (χ3v) is 5.06. The molecule has 4 unspecified atom stereocenters. The third-order valence-electron chi connectivity index (χ3n) is 4.47. The monoisotopic (exact) mass is 300 g/mol. The number of Topliss-reactive ketones (excluding diaryl/α,β-unsaturated/α-hetero) is 1. The van der Waals surface area contributed by atoms with Crippen LogP contribution in [0.3, 0.4) is 0 Å². The highest BCUT2D eigenvalue weighted by atomic mass is 32.2. The molecular weight excluding hydrogens is 285 g/mol. The molecule has 4 atom stereocenters. The van der Waals surface area contributed by atoms with Crippen molar-refractivity contribution in [1.29, 1.82) is 0 Å². The van der Waals surface area contributed by atoms with E-state index in [1.54, 1.807) is 0 Å². The van der Waals surface area contributed by atoms with E-state index in [0.717, 1.165) is 24.2 Å². The van der Waals surface area contributed by atoms with Gasteiger partial charge in [0.05, 0.1) is 0 Å². The molecule has 0 aromatic carbocycles. The largest absolute Gasteiger partial charge is 0.522 e. The van der Waals surface area contributed by atoms with Gasteiger partial charge in [-0.15, -0.1) is 0 Å². The van der Waals surface area contributed by atoms with Crippen LogP contribution in [0.5, 0.6) is 0 Å². The lowest BCUT2D eigenvalue weighted by molar-refractivity contribution is -0.123. The van der Waals surface area contributed by atoms with E-state index in [1.807, 2.05) is 0 Å². The van der Waals surface area contributed by atoms with Crippen LogP contribution in [0, 0.1) is 23.7 Å². The number of hydrogen-bond acceptors (Lipinski definition) is 3. The van der Waals surface area contributed by atoms with Gasteiger partial charge in [-0.1, -0.05) is 6.42 Å². The molecule has 3 aliphatic carbocycles. The first-order valence-electron chi connectivity index (χ1n) is 6.17. The number of alkyl halides is 3. The Morgan fingerprint density at radius 2 is 1.68 bits per heavy atom. The Balaban J connectivity index is 0.000000151. The molecule has 0 saturated heterocycles. The zero-order valence-electron chi connectivity index (χ0n) is 10.1. The molecule has 3 rings (SSSR count). The first kappa shape index (κ1) is 14.8. The van der Waals surface area contributed by atoms with Crippen molar-refractivity contribution in [2.75, 3.05) is 0 Å². The molecule has 4 nitrogen and oxygen atoms in total. The molecule has 0 heterocycles. The van der Waals surface area contributed by atoms with Gasteiger partial charge >= 0.3 is 15.6 Å². The number of halogens is 3. The standard InChI is InChI=1S/C10H14O.CHF3O3S/c11-10-5-6-4-9(10)8-3-1-2-7(6)8;2-1(3,4)8(5,6)7/h6-9H,1-5H2;(H,5,6,7). The Labute approximate surface area is 109 Å². The number of ketones is 1. The van der Waals surface area contributed by atoms with Crippen LogP contribution >= 0.6 is 0 Å². The summed E-state index contributed by atoms with van der Waals surface area (Å²) in [5.74, 6) is 3.74. The predicted molar refractivity (Wildman–Crippen MR) is 59.7 cm³/mol. The smallest absolute Gasteiger partial charge is 0.299 e. The minimum atomic E-state index is -5.84. The van der Waals surface area contributed by atoms with Crippen LogP contribution in [0.2, 0.25) is 0 Å². The van der Waals surface area contributed by atoms with Crippen molar-refractivity contribution >= 4 is 15.9 Å². The highest BCUT2D eigenvalue weighted by Crippen LogP contribution is 2.57. The van der Waals surface area contributed by atoms with Gasteiger partial charge in [0.25, 0.3) is 0 Å². The number of hydrogen-bond donors (Lipinski definition) is 1. The molecule has 110 valence electrons. The fraction of sp³-hybridized carbons (Fsp3) is 0.909. The fourth-order valence-electron chi connectivity index (χ4n) is 3.79. The number of carbonyl (C=O) groups excluding carboxylic acids is 1. The molecule has 3 saturated carbocycles. The summed E-state index contributed by atoms with van der Waals surface area (Å²) >= 11 is 0. The summed E-state index contributed by atoms with van der Waals surface area (Å²) in [6.45, 7) is 0. The summed E-state index contributed by atoms with van der Waals surface area (Å²) in [7, 11) is -5.84. The second-order valence-electron chi connectivity index (χ2n) is 5.45. The topological polar surface area (TPSA) is 71.4 Å². The highest BCUT2D eigenvalue weighted by Gasteiger charge is 2.53. The lowest BCUT2D eigenvalue weighted by Gasteiger charge is -2.22. The SMILES string of the molecule is O=C1CC2CC1C1CCCC21.O=S(=O)(O)C(F)(F)F. The molecule has 0 aromatic rings. The molecule has 0 spiro atoms. The molecule has 8 heteroatoms. The van der Waals surface area contributed by atoms with E-state index in [4.69, 9.17) is 13.0 Å². The normalized spacial score (nSPS) is 36.9. The molecule has 0 aliphatic heterocycles. The van der Waals surface area contributed by atoms with E-state index in [-0.39, 0.29) is 0 Å². The summed E-state index contributed by atoms with van der Waals surface area (Å²) in [6.07, 6.45) is 6.38. The highest BCUT2D eigenvalue weighted by molar-refractivity contribution is 7.86. The van der Waals surface area contributed by atoms with Crippen LogP contribution in [0.4, 0.5) is 13.2 Å². The number of rotatable bonds is 0.